The standard InChI is InChI=1S/C18H19NO3/c1-13-2-4-14(5-3-13)11-19-8-9-22-18-7-6-15(10-16(18)19)17(21)12-20/h2-7,10,20H,8-9,11-12H2,1H3. The van der Waals surface area contributed by atoms with Crippen molar-refractivity contribution in [2.24, 2.45) is 0 Å². The molecule has 0 aromatic heterocycles. The number of carbonyl (C=O) groups is 1. The third kappa shape index (κ3) is 2.97. The van der Waals surface area contributed by atoms with Gasteiger partial charge < -0.3 is 14.7 Å². The highest BCUT2D eigenvalue weighted by Crippen LogP contribution is 2.33. The van der Waals surface area contributed by atoms with E-state index in [-0.39, 0.29) is 5.78 Å². The van der Waals surface area contributed by atoms with E-state index in [1.54, 1.807) is 18.2 Å². The smallest absolute Gasteiger partial charge is 0.188 e. The Hall–Kier alpha value is -2.33. The van der Waals surface area contributed by atoms with Crippen molar-refractivity contribution in [1.29, 1.82) is 0 Å². The van der Waals surface area contributed by atoms with Crippen LogP contribution < -0.4 is 9.64 Å². The molecule has 114 valence electrons. The number of fused-ring (bicyclic) bond motifs is 1. The molecule has 4 heteroatoms. The normalized spacial score (nSPS) is 13.5. The maximum Gasteiger partial charge on any atom is 0.188 e. The van der Waals surface area contributed by atoms with E-state index >= 15 is 0 Å². The summed E-state index contributed by atoms with van der Waals surface area (Å²) >= 11 is 0. The maximum absolute atomic E-state index is 11.7. The van der Waals surface area contributed by atoms with E-state index in [9.17, 15) is 4.79 Å². The molecule has 0 unspecified atom stereocenters. The van der Waals surface area contributed by atoms with Crippen molar-refractivity contribution in [3.8, 4) is 5.75 Å². The molecule has 1 heterocycles. The zero-order chi connectivity index (χ0) is 15.5. The van der Waals surface area contributed by atoms with Gasteiger partial charge in [-0.05, 0) is 30.7 Å². The molecule has 3 rings (SSSR count). The summed E-state index contributed by atoms with van der Waals surface area (Å²) in [6.45, 7) is 3.77. The van der Waals surface area contributed by atoms with Gasteiger partial charge in [-0.25, -0.2) is 0 Å². The first-order chi connectivity index (χ1) is 10.7. The van der Waals surface area contributed by atoms with Crippen LogP contribution in [0.1, 0.15) is 21.5 Å². The molecule has 0 amide bonds. The van der Waals surface area contributed by atoms with Gasteiger partial charge in [-0.3, -0.25) is 4.79 Å². The molecule has 0 radical (unpaired) electrons. The van der Waals surface area contributed by atoms with Crippen molar-refractivity contribution in [1.82, 2.24) is 0 Å². The van der Waals surface area contributed by atoms with Crippen LogP contribution in [-0.2, 0) is 6.54 Å². The van der Waals surface area contributed by atoms with Crippen LogP contribution in [0.15, 0.2) is 42.5 Å². The minimum Gasteiger partial charge on any atom is -0.490 e. The summed E-state index contributed by atoms with van der Waals surface area (Å²) < 4.78 is 5.66. The number of aliphatic hydroxyl groups is 1. The average molecular weight is 297 g/mol. The van der Waals surface area contributed by atoms with E-state index in [0.29, 0.717) is 12.2 Å². The van der Waals surface area contributed by atoms with Gasteiger partial charge in [0, 0.05) is 12.1 Å². The van der Waals surface area contributed by atoms with Gasteiger partial charge in [0.15, 0.2) is 5.78 Å². The van der Waals surface area contributed by atoms with Crippen LogP contribution >= 0.6 is 0 Å². The number of nitrogens with zero attached hydrogens (tertiary/aromatic N) is 1. The van der Waals surface area contributed by atoms with Gasteiger partial charge in [-0.1, -0.05) is 29.8 Å². The van der Waals surface area contributed by atoms with Crippen LogP contribution in [0.25, 0.3) is 0 Å². The van der Waals surface area contributed by atoms with Crippen LogP contribution in [0, 0.1) is 6.92 Å². The fourth-order valence-electron chi connectivity index (χ4n) is 2.62. The molecule has 4 nitrogen and oxygen atoms in total. The highest BCUT2D eigenvalue weighted by Gasteiger charge is 2.20. The molecule has 0 aliphatic carbocycles. The van der Waals surface area contributed by atoms with Crippen LogP contribution in [0.5, 0.6) is 5.75 Å². The predicted octanol–water partition coefficient (Wildman–Crippen LogP) is 2.57. The van der Waals surface area contributed by atoms with E-state index in [4.69, 9.17) is 9.84 Å². The van der Waals surface area contributed by atoms with Crippen LogP contribution in [0.4, 0.5) is 5.69 Å². The number of carbonyl (C=O) groups excluding carboxylic acids is 1. The summed E-state index contributed by atoms with van der Waals surface area (Å²) in [5.74, 6) is 0.511. The SMILES string of the molecule is Cc1ccc(CN2CCOc3ccc(C(=O)CO)cc32)cc1. The average Bonchev–Trinajstić information content (AvgIpc) is 2.56. The fraction of sp³-hybridized carbons (Fsp3) is 0.278. The minimum absolute atomic E-state index is 0.274. The summed E-state index contributed by atoms with van der Waals surface area (Å²) in [7, 11) is 0. The number of aliphatic hydroxyl groups excluding tert-OH is 1. The van der Waals surface area contributed by atoms with E-state index < -0.39 is 6.61 Å². The molecular formula is C18H19NO3. The number of ketones is 1. The lowest BCUT2D eigenvalue weighted by Crippen LogP contribution is -2.32. The molecule has 2 aromatic carbocycles. The number of Topliss-reactive ketones (excluding diaryl/α,β-unsaturated/α-hetero) is 1. The maximum atomic E-state index is 11.7. The predicted molar refractivity (Wildman–Crippen MR) is 85.6 cm³/mol. The second-order valence-corrected chi connectivity index (χ2v) is 5.52. The third-order valence-corrected chi connectivity index (χ3v) is 3.88. The van der Waals surface area contributed by atoms with Crippen LogP contribution in [0.2, 0.25) is 0 Å². The summed E-state index contributed by atoms with van der Waals surface area (Å²) in [6.07, 6.45) is 0. The van der Waals surface area contributed by atoms with Crippen LogP contribution in [0.3, 0.4) is 0 Å². The molecule has 0 saturated carbocycles. The molecular weight excluding hydrogens is 278 g/mol. The van der Waals surface area contributed by atoms with Gasteiger partial charge in [0.25, 0.3) is 0 Å². The van der Waals surface area contributed by atoms with E-state index in [2.05, 4.69) is 36.1 Å². The Morgan fingerprint density at radius 2 is 2.00 bits per heavy atom. The van der Waals surface area contributed by atoms with Gasteiger partial charge in [0.05, 0.1) is 12.2 Å². The Morgan fingerprint density at radius 1 is 1.23 bits per heavy atom. The topological polar surface area (TPSA) is 49.8 Å². The van der Waals surface area contributed by atoms with Crippen LogP contribution in [-0.4, -0.2) is 30.6 Å². The van der Waals surface area contributed by atoms with Gasteiger partial charge in [-0.2, -0.15) is 0 Å². The number of hydrogen-bond donors (Lipinski definition) is 1. The van der Waals surface area contributed by atoms with E-state index in [1.807, 2.05) is 0 Å². The van der Waals surface area contributed by atoms with Gasteiger partial charge in [0.2, 0.25) is 0 Å². The molecule has 22 heavy (non-hydrogen) atoms. The monoisotopic (exact) mass is 297 g/mol. The highest BCUT2D eigenvalue weighted by molar-refractivity contribution is 5.98. The second-order valence-electron chi connectivity index (χ2n) is 5.52. The van der Waals surface area contributed by atoms with Crippen molar-refractivity contribution < 1.29 is 14.6 Å². The zero-order valence-corrected chi connectivity index (χ0v) is 12.6. The van der Waals surface area contributed by atoms with Crippen molar-refractivity contribution >= 4 is 11.5 Å². The lowest BCUT2D eigenvalue weighted by Gasteiger charge is -2.31. The molecule has 0 saturated heterocycles. The molecule has 0 spiro atoms. The first-order valence-corrected chi connectivity index (χ1v) is 7.39. The molecule has 1 N–H and O–H groups in total. The number of rotatable bonds is 4. The number of benzene rings is 2. The minimum atomic E-state index is -0.475. The summed E-state index contributed by atoms with van der Waals surface area (Å²) in [4.78, 5) is 13.9. The first-order valence-electron chi connectivity index (χ1n) is 7.39. The van der Waals surface area contributed by atoms with Gasteiger partial charge in [-0.15, -0.1) is 0 Å². The number of hydrogen-bond acceptors (Lipinski definition) is 4. The Balaban J connectivity index is 1.89. The number of anilines is 1. The Labute approximate surface area is 130 Å². The number of ether oxygens (including phenoxy) is 1. The Morgan fingerprint density at radius 3 is 2.73 bits per heavy atom. The third-order valence-electron chi connectivity index (χ3n) is 3.88. The van der Waals surface area contributed by atoms with E-state index in [0.717, 1.165) is 24.5 Å². The lowest BCUT2D eigenvalue weighted by molar-refractivity contribution is 0.0903. The van der Waals surface area contributed by atoms with Crippen molar-refractivity contribution in [3.63, 3.8) is 0 Å². The molecule has 1 aliphatic heterocycles. The lowest BCUT2D eigenvalue weighted by atomic mass is 10.1. The Bertz CT molecular complexity index is 679. The summed E-state index contributed by atoms with van der Waals surface area (Å²) in [5, 5.41) is 9.02. The first kappa shape index (κ1) is 14.6. The van der Waals surface area contributed by atoms with Gasteiger partial charge >= 0.3 is 0 Å². The summed E-state index contributed by atoms with van der Waals surface area (Å²) in [6, 6.07) is 13.7. The molecule has 1 aliphatic rings. The van der Waals surface area contributed by atoms with Crippen molar-refractivity contribution in [2.75, 3.05) is 24.7 Å². The fourth-order valence-corrected chi connectivity index (χ4v) is 2.62. The molecule has 0 bridgehead atoms. The van der Waals surface area contributed by atoms with Crippen molar-refractivity contribution in [3.05, 3.63) is 59.2 Å². The van der Waals surface area contributed by atoms with E-state index in [1.165, 1.54) is 11.1 Å². The summed E-state index contributed by atoms with van der Waals surface area (Å²) in [5.41, 5.74) is 3.88. The second kappa shape index (κ2) is 6.20. The Kier molecular flexibility index (Phi) is 4.11. The highest BCUT2D eigenvalue weighted by atomic mass is 16.5. The molecule has 0 fully saturated rings. The number of aryl methyl sites for hydroxylation is 1. The molecule has 0 atom stereocenters. The van der Waals surface area contributed by atoms with Crippen molar-refractivity contribution in [2.45, 2.75) is 13.5 Å². The quantitative estimate of drug-likeness (QED) is 0.881. The zero-order valence-electron chi connectivity index (χ0n) is 12.6. The largest absolute Gasteiger partial charge is 0.490 e. The van der Waals surface area contributed by atoms with Gasteiger partial charge in [0.1, 0.15) is 19.0 Å². The molecule has 2 aromatic rings.